The highest BCUT2D eigenvalue weighted by atomic mass is 16.5. The molecular weight excluding hydrogens is 294 g/mol. The Hall–Kier alpha value is -2.01. The Morgan fingerprint density at radius 1 is 1.39 bits per heavy atom. The van der Waals surface area contributed by atoms with Crippen LogP contribution >= 0.6 is 0 Å². The summed E-state index contributed by atoms with van der Waals surface area (Å²) in [6.45, 7) is 3.33. The van der Waals surface area contributed by atoms with Gasteiger partial charge in [0.15, 0.2) is 11.5 Å². The van der Waals surface area contributed by atoms with E-state index >= 15 is 0 Å². The van der Waals surface area contributed by atoms with Crippen LogP contribution in [0.25, 0.3) is 0 Å². The summed E-state index contributed by atoms with van der Waals surface area (Å²) in [6, 6.07) is 4.00. The Morgan fingerprint density at radius 3 is 2.96 bits per heavy atom. The first kappa shape index (κ1) is 14.6. The third-order valence-electron chi connectivity index (χ3n) is 5.30. The molecule has 2 heterocycles. The van der Waals surface area contributed by atoms with E-state index in [0.29, 0.717) is 5.75 Å². The third kappa shape index (κ3) is 2.22. The molecule has 1 fully saturated rings. The van der Waals surface area contributed by atoms with Crippen molar-refractivity contribution in [3.05, 3.63) is 34.9 Å². The average molecular weight is 315 g/mol. The number of carbonyl (C=O) groups is 1. The van der Waals surface area contributed by atoms with E-state index < -0.39 is 0 Å². The van der Waals surface area contributed by atoms with E-state index in [1.165, 1.54) is 12.5 Å². The molecule has 0 aromatic heterocycles. The van der Waals surface area contributed by atoms with E-state index in [1.807, 2.05) is 6.07 Å². The van der Waals surface area contributed by atoms with Gasteiger partial charge in [0.05, 0.1) is 7.11 Å². The number of phenols is 1. The number of hydrogen-bond acceptors (Lipinski definition) is 5. The predicted molar refractivity (Wildman–Crippen MR) is 84.5 cm³/mol. The molecule has 0 bridgehead atoms. The van der Waals surface area contributed by atoms with E-state index in [-0.39, 0.29) is 29.8 Å². The van der Waals surface area contributed by atoms with Gasteiger partial charge in [0.25, 0.3) is 0 Å². The molecule has 3 aliphatic rings. The Bertz CT molecular complexity index is 697. The summed E-state index contributed by atoms with van der Waals surface area (Å²) < 4.78 is 10.9. The number of esters is 1. The lowest BCUT2D eigenvalue weighted by Gasteiger charge is -2.44. The van der Waals surface area contributed by atoms with Gasteiger partial charge in [-0.05, 0) is 29.7 Å². The van der Waals surface area contributed by atoms with Crippen LogP contribution in [0.2, 0.25) is 0 Å². The number of fused-ring (bicyclic) bond motifs is 2. The summed E-state index contributed by atoms with van der Waals surface area (Å²) in [4.78, 5) is 14.0. The van der Waals surface area contributed by atoms with Crippen LogP contribution in [-0.4, -0.2) is 41.8 Å². The summed E-state index contributed by atoms with van der Waals surface area (Å²) in [5, 5.41) is 10.2. The van der Waals surface area contributed by atoms with Crippen LogP contribution in [0.4, 0.5) is 0 Å². The summed E-state index contributed by atoms with van der Waals surface area (Å²) in [7, 11) is 1.56. The van der Waals surface area contributed by atoms with Crippen molar-refractivity contribution in [3.8, 4) is 11.5 Å². The minimum Gasteiger partial charge on any atom is -0.504 e. The van der Waals surface area contributed by atoms with Crippen molar-refractivity contribution in [2.75, 3.05) is 13.7 Å². The zero-order chi connectivity index (χ0) is 16.1. The van der Waals surface area contributed by atoms with Crippen molar-refractivity contribution >= 4 is 5.97 Å². The molecule has 1 aliphatic carbocycles. The summed E-state index contributed by atoms with van der Waals surface area (Å²) in [5.74, 6) is 0.482. The minimum atomic E-state index is -0.249. The second kappa shape index (κ2) is 5.27. The summed E-state index contributed by atoms with van der Waals surface area (Å²) in [5.41, 5.74) is 3.68. The van der Waals surface area contributed by atoms with Crippen molar-refractivity contribution in [1.82, 2.24) is 4.90 Å². The Kier molecular flexibility index (Phi) is 3.34. The number of methoxy groups -OCH3 is 1. The first-order valence-corrected chi connectivity index (χ1v) is 8.08. The largest absolute Gasteiger partial charge is 0.504 e. The molecule has 0 spiro atoms. The van der Waals surface area contributed by atoms with Gasteiger partial charge in [-0.2, -0.15) is 0 Å². The molecule has 4 rings (SSSR count). The van der Waals surface area contributed by atoms with E-state index in [9.17, 15) is 9.90 Å². The lowest BCUT2D eigenvalue weighted by molar-refractivity contribution is -0.148. The number of benzene rings is 1. The highest BCUT2D eigenvalue weighted by Crippen LogP contribution is 2.49. The maximum atomic E-state index is 11.5. The molecule has 1 N–H and O–H groups in total. The lowest BCUT2D eigenvalue weighted by atomic mass is 9.74. The van der Waals surface area contributed by atoms with Gasteiger partial charge >= 0.3 is 5.97 Å². The Morgan fingerprint density at radius 2 is 2.22 bits per heavy atom. The maximum Gasteiger partial charge on any atom is 0.302 e. The van der Waals surface area contributed by atoms with Crippen LogP contribution in [0.15, 0.2) is 23.8 Å². The molecule has 0 unspecified atom stereocenters. The molecule has 0 saturated carbocycles. The predicted octanol–water partition coefficient (Wildman–Crippen LogP) is 2.33. The molecular formula is C18H21NO4. The fourth-order valence-corrected chi connectivity index (χ4v) is 4.43. The topological polar surface area (TPSA) is 59.0 Å². The SMILES string of the molecule is COc1cc2c(cc1O)[C@H]1[C@H]3C(=CC[C@H]1OC(C)=O)CCN3C2. The van der Waals surface area contributed by atoms with Gasteiger partial charge in [0.2, 0.25) is 0 Å². The van der Waals surface area contributed by atoms with Gasteiger partial charge in [-0.3, -0.25) is 9.69 Å². The lowest BCUT2D eigenvalue weighted by Crippen LogP contribution is -2.46. The Balaban J connectivity index is 1.83. The monoisotopic (exact) mass is 315 g/mol. The van der Waals surface area contributed by atoms with Gasteiger partial charge in [0.1, 0.15) is 6.10 Å². The van der Waals surface area contributed by atoms with Crippen LogP contribution in [0.3, 0.4) is 0 Å². The molecule has 1 aromatic carbocycles. The van der Waals surface area contributed by atoms with E-state index in [1.54, 1.807) is 13.2 Å². The summed E-state index contributed by atoms with van der Waals surface area (Å²) in [6.07, 6.45) is 3.89. The Labute approximate surface area is 135 Å². The second-order valence-electron chi connectivity index (χ2n) is 6.58. The van der Waals surface area contributed by atoms with Crippen molar-refractivity contribution in [3.63, 3.8) is 0 Å². The number of carbonyl (C=O) groups excluding carboxylic acids is 1. The zero-order valence-electron chi connectivity index (χ0n) is 13.4. The molecule has 23 heavy (non-hydrogen) atoms. The third-order valence-corrected chi connectivity index (χ3v) is 5.30. The summed E-state index contributed by atoms with van der Waals surface area (Å²) >= 11 is 0. The van der Waals surface area contributed by atoms with Gasteiger partial charge in [-0.25, -0.2) is 0 Å². The van der Waals surface area contributed by atoms with Crippen molar-refractivity contribution in [2.24, 2.45) is 0 Å². The van der Waals surface area contributed by atoms with Crippen molar-refractivity contribution < 1.29 is 19.4 Å². The van der Waals surface area contributed by atoms with Crippen LogP contribution in [0.1, 0.15) is 36.8 Å². The van der Waals surface area contributed by atoms with Crippen molar-refractivity contribution in [1.29, 1.82) is 0 Å². The molecule has 0 amide bonds. The van der Waals surface area contributed by atoms with Crippen LogP contribution < -0.4 is 4.74 Å². The molecule has 1 aromatic rings. The number of nitrogens with zero attached hydrogens (tertiary/aromatic N) is 1. The number of hydrogen-bond donors (Lipinski definition) is 1. The van der Waals surface area contributed by atoms with E-state index in [4.69, 9.17) is 9.47 Å². The molecule has 1 saturated heterocycles. The molecule has 2 aliphatic heterocycles. The molecule has 5 heteroatoms. The van der Waals surface area contributed by atoms with E-state index in [0.717, 1.165) is 37.1 Å². The van der Waals surface area contributed by atoms with Gasteiger partial charge in [-0.15, -0.1) is 0 Å². The zero-order valence-corrected chi connectivity index (χ0v) is 13.4. The normalized spacial score (nSPS) is 28.6. The van der Waals surface area contributed by atoms with Gasteiger partial charge in [0, 0.05) is 38.4 Å². The molecule has 3 atom stereocenters. The highest BCUT2D eigenvalue weighted by molar-refractivity contribution is 5.66. The van der Waals surface area contributed by atoms with Gasteiger partial charge < -0.3 is 14.6 Å². The van der Waals surface area contributed by atoms with Crippen molar-refractivity contribution in [2.45, 2.75) is 44.4 Å². The van der Waals surface area contributed by atoms with Crippen LogP contribution in [-0.2, 0) is 16.1 Å². The van der Waals surface area contributed by atoms with Crippen LogP contribution in [0, 0.1) is 0 Å². The molecule has 0 radical (unpaired) electrons. The van der Waals surface area contributed by atoms with E-state index in [2.05, 4.69) is 11.0 Å². The number of rotatable bonds is 2. The molecule has 5 nitrogen and oxygen atoms in total. The second-order valence-corrected chi connectivity index (χ2v) is 6.58. The standard InChI is InChI=1S/C18H21NO4/c1-10(20)23-15-4-3-11-5-6-19-9-12-7-16(22-2)14(21)8-13(12)17(15)18(11)19/h3,7-8,15,17-18,21H,4-6,9H2,1-2H3/t15-,17-,18-/m1/s1. The smallest absolute Gasteiger partial charge is 0.302 e. The first-order chi connectivity index (χ1) is 11.1. The molecule has 122 valence electrons. The highest BCUT2D eigenvalue weighted by Gasteiger charge is 2.47. The van der Waals surface area contributed by atoms with Gasteiger partial charge in [-0.1, -0.05) is 11.6 Å². The fraction of sp³-hybridized carbons (Fsp3) is 0.500. The number of phenolic OH excluding ortho intramolecular Hbond substituents is 1. The first-order valence-electron chi connectivity index (χ1n) is 8.08. The quantitative estimate of drug-likeness (QED) is 0.670. The number of ether oxygens (including phenoxy) is 2. The number of aromatic hydroxyl groups is 1. The van der Waals surface area contributed by atoms with Crippen LogP contribution in [0.5, 0.6) is 11.5 Å². The minimum absolute atomic E-state index is 0.0851. The fourth-order valence-electron chi connectivity index (χ4n) is 4.43. The maximum absolute atomic E-state index is 11.5. The average Bonchev–Trinajstić information content (AvgIpc) is 2.92.